The number of hydrogen-bond acceptors (Lipinski definition) is 7. The monoisotopic (exact) mass is 485 g/mol. The summed E-state index contributed by atoms with van der Waals surface area (Å²) in [6.07, 6.45) is 5.27. The Bertz CT molecular complexity index is 1170. The quantitative estimate of drug-likeness (QED) is 0.359. The highest BCUT2D eigenvalue weighted by Gasteiger charge is 2.21. The number of nitrogens with one attached hydrogen (secondary N) is 1. The Hall–Kier alpha value is -2.90. The van der Waals surface area contributed by atoms with Crippen molar-refractivity contribution < 1.29 is 13.9 Å². The van der Waals surface area contributed by atoms with Crippen LogP contribution in [0.15, 0.2) is 29.4 Å². The first-order chi connectivity index (χ1) is 16.1. The number of halogens is 1. The number of amides is 1. The van der Waals surface area contributed by atoms with Crippen LogP contribution in [0.2, 0.25) is 0 Å². The SMILES string of the molecule is CCn1c(COc2ccc(F)cc2)nnc1SCC(=O)Nc1sc2c(c1C#N)CCCCC2. The van der Waals surface area contributed by atoms with Gasteiger partial charge < -0.3 is 14.6 Å². The lowest BCUT2D eigenvalue weighted by molar-refractivity contribution is -0.113. The molecule has 0 aliphatic heterocycles. The van der Waals surface area contributed by atoms with E-state index in [-0.39, 0.29) is 24.1 Å². The summed E-state index contributed by atoms with van der Waals surface area (Å²) in [7, 11) is 0. The average Bonchev–Trinajstić information content (AvgIpc) is 3.28. The number of fused-ring (bicyclic) bond motifs is 1. The van der Waals surface area contributed by atoms with Gasteiger partial charge in [0.2, 0.25) is 5.91 Å². The Kier molecular flexibility index (Phi) is 7.62. The van der Waals surface area contributed by atoms with Crippen LogP contribution in [0.25, 0.3) is 0 Å². The number of nitriles is 1. The van der Waals surface area contributed by atoms with Crippen molar-refractivity contribution in [1.82, 2.24) is 14.8 Å². The Morgan fingerprint density at radius 2 is 2.06 bits per heavy atom. The van der Waals surface area contributed by atoms with Crippen molar-refractivity contribution in [2.24, 2.45) is 0 Å². The van der Waals surface area contributed by atoms with E-state index in [0.717, 1.165) is 31.2 Å². The maximum Gasteiger partial charge on any atom is 0.235 e. The van der Waals surface area contributed by atoms with Crippen molar-refractivity contribution in [1.29, 1.82) is 5.26 Å². The summed E-state index contributed by atoms with van der Waals surface area (Å²) < 4.78 is 20.6. The van der Waals surface area contributed by atoms with E-state index in [9.17, 15) is 14.4 Å². The molecule has 1 aromatic carbocycles. The van der Waals surface area contributed by atoms with Crippen molar-refractivity contribution in [2.75, 3.05) is 11.1 Å². The molecular formula is C23H24FN5O2S2. The van der Waals surface area contributed by atoms with Crippen molar-refractivity contribution in [3.8, 4) is 11.8 Å². The lowest BCUT2D eigenvalue weighted by Gasteiger charge is -2.09. The van der Waals surface area contributed by atoms with Crippen LogP contribution in [0.5, 0.6) is 5.75 Å². The van der Waals surface area contributed by atoms with Gasteiger partial charge in [-0.05, 0) is 62.4 Å². The Labute approximate surface area is 200 Å². The van der Waals surface area contributed by atoms with Gasteiger partial charge in [0, 0.05) is 11.4 Å². The molecule has 0 atom stereocenters. The molecule has 0 saturated carbocycles. The second kappa shape index (κ2) is 10.8. The molecule has 2 aromatic heterocycles. The molecule has 0 unspecified atom stereocenters. The minimum absolute atomic E-state index is 0.157. The van der Waals surface area contributed by atoms with E-state index in [0.29, 0.717) is 33.8 Å². The number of rotatable bonds is 8. The van der Waals surface area contributed by atoms with Crippen molar-refractivity contribution in [3.63, 3.8) is 0 Å². The van der Waals surface area contributed by atoms with E-state index in [1.807, 2.05) is 11.5 Å². The van der Waals surface area contributed by atoms with Gasteiger partial charge in [-0.15, -0.1) is 21.5 Å². The lowest BCUT2D eigenvalue weighted by Crippen LogP contribution is -2.15. The van der Waals surface area contributed by atoms with E-state index in [2.05, 4.69) is 21.6 Å². The molecule has 1 N–H and O–H groups in total. The molecule has 4 rings (SSSR count). The summed E-state index contributed by atoms with van der Waals surface area (Å²) in [6, 6.07) is 8.08. The zero-order chi connectivity index (χ0) is 23.2. The minimum Gasteiger partial charge on any atom is -0.486 e. The number of ether oxygens (including phenoxy) is 1. The second-order valence-electron chi connectivity index (χ2n) is 7.60. The van der Waals surface area contributed by atoms with Crippen LogP contribution in [0.4, 0.5) is 9.39 Å². The zero-order valence-electron chi connectivity index (χ0n) is 18.3. The van der Waals surface area contributed by atoms with Gasteiger partial charge in [0.05, 0.1) is 11.3 Å². The van der Waals surface area contributed by atoms with E-state index in [1.165, 1.54) is 46.5 Å². The molecule has 3 aromatic rings. The lowest BCUT2D eigenvalue weighted by atomic mass is 10.1. The van der Waals surface area contributed by atoms with Gasteiger partial charge in [0.25, 0.3) is 0 Å². The van der Waals surface area contributed by atoms with Gasteiger partial charge in [-0.1, -0.05) is 18.2 Å². The Morgan fingerprint density at radius 1 is 1.27 bits per heavy atom. The van der Waals surface area contributed by atoms with Crippen LogP contribution < -0.4 is 10.1 Å². The number of aromatic nitrogens is 3. The molecule has 1 aliphatic rings. The molecule has 0 saturated heterocycles. The third-order valence-corrected chi connectivity index (χ3v) is 7.58. The van der Waals surface area contributed by atoms with Gasteiger partial charge in [-0.2, -0.15) is 5.26 Å². The smallest absolute Gasteiger partial charge is 0.235 e. The molecular weight excluding hydrogens is 461 g/mol. The van der Waals surface area contributed by atoms with Crippen LogP contribution in [0, 0.1) is 17.1 Å². The highest BCUT2D eigenvalue weighted by atomic mass is 32.2. The maximum atomic E-state index is 13.0. The fourth-order valence-corrected chi connectivity index (χ4v) is 5.85. The van der Waals surface area contributed by atoms with Gasteiger partial charge in [-0.25, -0.2) is 4.39 Å². The molecule has 0 radical (unpaired) electrons. The van der Waals surface area contributed by atoms with Crippen LogP contribution >= 0.6 is 23.1 Å². The van der Waals surface area contributed by atoms with Crippen molar-refractivity contribution in [3.05, 3.63) is 51.9 Å². The third-order valence-electron chi connectivity index (χ3n) is 5.41. The number of carbonyl (C=O) groups excluding carboxylic acids is 1. The normalized spacial score (nSPS) is 13.1. The van der Waals surface area contributed by atoms with E-state index >= 15 is 0 Å². The highest BCUT2D eigenvalue weighted by molar-refractivity contribution is 7.99. The number of thiophene rings is 1. The first kappa shape index (κ1) is 23.3. The summed E-state index contributed by atoms with van der Waals surface area (Å²) in [6.45, 7) is 2.77. The molecule has 1 aliphatic carbocycles. The van der Waals surface area contributed by atoms with Gasteiger partial charge >= 0.3 is 0 Å². The van der Waals surface area contributed by atoms with Gasteiger partial charge in [0.15, 0.2) is 11.0 Å². The van der Waals surface area contributed by atoms with Crippen LogP contribution in [0.1, 0.15) is 48.0 Å². The third kappa shape index (κ3) is 5.54. The van der Waals surface area contributed by atoms with Crippen LogP contribution in [0.3, 0.4) is 0 Å². The zero-order valence-corrected chi connectivity index (χ0v) is 19.9. The average molecular weight is 486 g/mol. The first-order valence-corrected chi connectivity index (χ1v) is 12.7. The van der Waals surface area contributed by atoms with Crippen LogP contribution in [-0.4, -0.2) is 26.4 Å². The number of benzene rings is 1. The molecule has 0 spiro atoms. The summed E-state index contributed by atoms with van der Waals surface area (Å²) in [5, 5.41) is 22.2. The molecule has 0 bridgehead atoms. The Balaban J connectivity index is 1.37. The number of hydrogen-bond donors (Lipinski definition) is 1. The van der Waals surface area contributed by atoms with Crippen molar-refractivity contribution >= 4 is 34.0 Å². The number of thioether (sulfide) groups is 1. The summed E-state index contributed by atoms with van der Waals surface area (Å²) in [4.78, 5) is 13.9. The fraction of sp³-hybridized carbons (Fsp3) is 0.391. The predicted octanol–water partition coefficient (Wildman–Crippen LogP) is 4.95. The van der Waals surface area contributed by atoms with E-state index in [1.54, 1.807) is 12.1 Å². The molecule has 172 valence electrons. The predicted molar refractivity (Wildman–Crippen MR) is 126 cm³/mol. The topological polar surface area (TPSA) is 92.8 Å². The molecule has 7 nitrogen and oxygen atoms in total. The number of nitrogens with zero attached hydrogens (tertiary/aromatic N) is 4. The summed E-state index contributed by atoms with van der Waals surface area (Å²) in [5.74, 6) is 0.820. The first-order valence-electron chi connectivity index (χ1n) is 10.9. The van der Waals surface area contributed by atoms with Gasteiger partial charge in [0.1, 0.15) is 29.2 Å². The maximum absolute atomic E-state index is 13.0. The Morgan fingerprint density at radius 3 is 2.82 bits per heavy atom. The number of carbonyl (C=O) groups is 1. The second-order valence-corrected chi connectivity index (χ2v) is 9.65. The fourth-order valence-electron chi connectivity index (χ4n) is 3.77. The van der Waals surface area contributed by atoms with Gasteiger partial charge in [-0.3, -0.25) is 4.79 Å². The van der Waals surface area contributed by atoms with Crippen LogP contribution in [-0.2, 0) is 30.8 Å². The highest BCUT2D eigenvalue weighted by Crippen LogP contribution is 2.37. The summed E-state index contributed by atoms with van der Waals surface area (Å²) in [5.41, 5.74) is 1.73. The molecule has 10 heteroatoms. The number of anilines is 1. The molecule has 2 heterocycles. The largest absolute Gasteiger partial charge is 0.486 e. The standard InChI is InChI=1S/C23H24FN5O2S2/c1-2-29-20(13-31-16-10-8-15(24)9-11-16)27-28-23(29)32-14-21(30)26-22-18(12-25)17-6-4-3-5-7-19(17)33-22/h8-11H,2-7,13-14H2,1H3,(H,26,30). The molecule has 0 fully saturated rings. The minimum atomic E-state index is -0.323. The number of aryl methyl sites for hydroxylation is 1. The van der Waals surface area contributed by atoms with E-state index in [4.69, 9.17) is 4.74 Å². The molecule has 33 heavy (non-hydrogen) atoms. The van der Waals surface area contributed by atoms with Crippen molar-refractivity contribution in [2.45, 2.75) is 57.3 Å². The molecule has 1 amide bonds. The van der Waals surface area contributed by atoms with E-state index < -0.39 is 0 Å². The summed E-state index contributed by atoms with van der Waals surface area (Å²) >= 11 is 2.82.